The van der Waals surface area contributed by atoms with E-state index >= 15 is 0 Å². The number of amides is 1. The largest absolute Gasteiger partial charge is 0.467 e. The van der Waals surface area contributed by atoms with E-state index in [-0.39, 0.29) is 11.7 Å². The van der Waals surface area contributed by atoms with Crippen molar-refractivity contribution in [2.24, 2.45) is 0 Å². The summed E-state index contributed by atoms with van der Waals surface area (Å²) in [5.41, 5.74) is 1.22. The van der Waals surface area contributed by atoms with Crippen molar-refractivity contribution in [2.75, 3.05) is 11.1 Å². The van der Waals surface area contributed by atoms with Gasteiger partial charge in [0.2, 0.25) is 5.91 Å². The van der Waals surface area contributed by atoms with Gasteiger partial charge >= 0.3 is 0 Å². The number of furan rings is 1. The summed E-state index contributed by atoms with van der Waals surface area (Å²) in [5.74, 6) is 2.34. The average Bonchev–Trinajstić information content (AvgIpc) is 3.25. The lowest BCUT2D eigenvalue weighted by atomic mass is 10.2. The van der Waals surface area contributed by atoms with Gasteiger partial charge in [-0.25, -0.2) is 0 Å². The van der Waals surface area contributed by atoms with Gasteiger partial charge in [-0.15, -0.1) is 10.2 Å². The number of benzene rings is 1. The third-order valence-corrected chi connectivity index (χ3v) is 5.18. The molecule has 0 bridgehead atoms. The van der Waals surface area contributed by atoms with Crippen molar-refractivity contribution in [1.82, 2.24) is 14.8 Å². The number of carbonyl (C=O) groups excluding carboxylic acids is 1. The lowest BCUT2D eigenvalue weighted by molar-refractivity contribution is -0.113. The van der Waals surface area contributed by atoms with Gasteiger partial charge in [0, 0.05) is 11.6 Å². The van der Waals surface area contributed by atoms with Gasteiger partial charge in [0.1, 0.15) is 11.6 Å². The van der Waals surface area contributed by atoms with Gasteiger partial charge in [-0.1, -0.05) is 11.8 Å². The van der Waals surface area contributed by atoms with Crippen LogP contribution in [0.2, 0.25) is 0 Å². The lowest BCUT2D eigenvalue weighted by Crippen LogP contribution is -2.15. The molecule has 1 amide bonds. The highest BCUT2D eigenvalue weighted by Crippen LogP contribution is 2.40. The zero-order valence-electron chi connectivity index (χ0n) is 14.5. The minimum Gasteiger partial charge on any atom is -0.467 e. The van der Waals surface area contributed by atoms with Crippen LogP contribution in [0, 0.1) is 11.3 Å². The smallest absolute Gasteiger partial charge is 0.234 e. The van der Waals surface area contributed by atoms with Gasteiger partial charge in [0.15, 0.2) is 5.16 Å². The van der Waals surface area contributed by atoms with Crippen LogP contribution < -0.4 is 5.32 Å². The highest BCUT2D eigenvalue weighted by molar-refractivity contribution is 7.99. The predicted octanol–water partition coefficient (Wildman–Crippen LogP) is 3.40. The topological polar surface area (TPSA) is 96.7 Å². The molecule has 1 saturated carbocycles. The number of carbonyl (C=O) groups is 1. The second-order valence-electron chi connectivity index (χ2n) is 6.31. The summed E-state index contributed by atoms with van der Waals surface area (Å²) >= 11 is 1.35. The minimum atomic E-state index is -0.134. The molecule has 8 heteroatoms. The highest BCUT2D eigenvalue weighted by Gasteiger charge is 2.30. The van der Waals surface area contributed by atoms with E-state index in [0.29, 0.717) is 28.9 Å². The summed E-state index contributed by atoms with van der Waals surface area (Å²) in [4.78, 5) is 12.2. The SMILES string of the molecule is N#Cc1ccc(NC(=O)CSc2nnc(C3CC3)n2Cc2ccco2)cc1. The number of nitrogens with one attached hydrogen (secondary N) is 1. The van der Waals surface area contributed by atoms with Crippen LogP contribution in [-0.2, 0) is 11.3 Å². The van der Waals surface area contributed by atoms with E-state index in [1.807, 2.05) is 16.7 Å². The Morgan fingerprint density at radius 2 is 2.11 bits per heavy atom. The van der Waals surface area contributed by atoms with E-state index < -0.39 is 0 Å². The van der Waals surface area contributed by atoms with Gasteiger partial charge in [-0.2, -0.15) is 5.26 Å². The van der Waals surface area contributed by atoms with Crippen LogP contribution in [0.1, 0.15) is 35.9 Å². The summed E-state index contributed by atoms with van der Waals surface area (Å²) in [5, 5.41) is 21.0. The van der Waals surface area contributed by atoms with Crippen LogP contribution in [0.25, 0.3) is 0 Å². The maximum Gasteiger partial charge on any atom is 0.234 e. The van der Waals surface area contributed by atoms with Crippen LogP contribution in [0.4, 0.5) is 5.69 Å². The lowest BCUT2D eigenvalue weighted by Gasteiger charge is -2.08. The minimum absolute atomic E-state index is 0.134. The van der Waals surface area contributed by atoms with Crippen molar-refractivity contribution in [3.8, 4) is 6.07 Å². The zero-order chi connectivity index (χ0) is 18.6. The Hall–Kier alpha value is -3.05. The Morgan fingerprint density at radius 1 is 1.30 bits per heavy atom. The fourth-order valence-electron chi connectivity index (χ4n) is 2.71. The molecule has 1 aliphatic rings. The second-order valence-corrected chi connectivity index (χ2v) is 7.25. The summed E-state index contributed by atoms with van der Waals surface area (Å²) in [6.07, 6.45) is 3.90. The van der Waals surface area contributed by atoms with Crippen molar-refractivity contribution >= 4 is 23.4 Å². The molecule has 0 atom stereocenters. The van der Waals surface area contributed by atoms with E-state index in [1.165, 1.54) is 11.8 Å². The molecule has 4 rings (SSSR count). The Morgan fingerprint density at radius 3 is 2.78 bits per heavy atom. The second kappa shape index (κ2) is 7.68. The number of thioether (sulfide) groups is 1. The van der Waals surface area contributed by atoms with Crippen molar-refractivity contribution in [3.05, 3.63) is 59.8 Å². The Kier molecular flexibility index (Phi) is 4.94. The first-order chi connectivity index (χ1) is 13.2. The maximum atomic E-state index is 12.2. The predicted molar refractivity (Wildman–Crippen MR) is 100 cm³/mol. The van der Waals surface area contributed by atoms with Crippen LogP contribution >= 0.6 is 11.8 Å². The van der Waals surface area contributed by atoms with E-state index in [4.69, 9.17) is 9.68 Å². The molecule has 1 aromatic carbocycles. The van der Waals surface area contributed by atoms with E-state index in [9.17, 15) is 4.79 Å². The number of anilines is 1. The molecule has 136 valence electrons. The summed E-state index contributed by atoms with van der Waals surface area (Å²) in [6.45, 7) is 0.561. The van der Waals surface area contributed by atoms with Crippen LogP contribution in [0.3, 0.4) is 0 Å². The highest BCUT2D eigenvalue weighted by atomic mass is 32.2. The third-order valence-electron chi connectivity index (χ3n) is 4.21. The number of rotatable bonds is 7. The molecule has 2 heterocycles. The van der Waals surface area contributed by atoms with Gasteiger partial charge in [0.05, 0.1) is 30.2 Å². The first-order valence-electron chi connectivity index (χ1n) is 8.61. The quantitative estimate of drug-likeness (QED) is 0.632. The monoisotopic (exact) mass is 379 g/mol. The third kappa shape index (κ3) is 4.20. The molecule has 1 N–H and O–H groups in total. The Balaban J connectivity index is 1.41. The molecule has 0 radical (unpaired) electrons. The van der Waals surface area contributed by atoms with Crippen molar-refractivity contribution in [2.45, 2.75) is 30.5 Å². The van der Waals surface area contributed by atoms with E-state index in [1.54, 1.807) is 30.5 Å². The molecule has 1 fully saturated rings. The van der Waals surface area contributed by atoms with Crippen LogP contribution in [0.5, 0.6) is 0 Å². The number of hydrogen-bond donors (Lipinski definition) is 1. The normalized spacial score (nSPS) is 13.3. The standard InChI is InChI=1S/C19H17N5O2S/c20-10-13-3-7-15(8-4-13)21-17(25)12-27-19-23-22-18(14-5-6-14)24(19)11-16-2-1-9-26-16/h1-4,7-9,14H,5-6,11-12H2,(H,21,25). The zero-order valence-corrected chi connectivity index (χ0v) is 15.3. The van der Waals surface area contributed by atoms with E-state index in [2.05, 4.69) is 21.6 Å². The van der Waals surface area contributed by atoms with Gasteiger partial charge in [0.25, 0.3) is 0 Å². The summed E-state index contributed by atoms with van der Waals surface area (Å²) in [6, 6.07) is 12.6. The first kappa shape index (κ1) is 17.4. The molecule has 0 aliphatic heterocycles. The number of aromatic nitrogens is 3. The number of nitriles is 1. The molecule has 3 aromatic rings. The fraction of sp³-hybridized carbons (Fsp3) is 0.263. The number of hydrogen-bond acceptors (Lipinski definition) is 6. The van der Waals surface area contributed by atoms with E-state index in [0.717, 1.165) is 24.4 Å². The molecule has 27 heavy (non-hydrogen) atoms. The molecule has 0 unspecified atom stereocenters. The van der Waals surface area contributed by atoms with Gasteiger partial charge in [-0.3, -0.25) is 9.36 Å². The van der Waals surface area contributed by atoms with Gasteiger partial charge in [-0.05, 0) is 49.2 Å². The average molecular weight is 379 g/mol. The fourth-order valence-corrected chi connectivity index (χ4v) is 3.46. The molecule has 0 saturated heterocycles. The maximum absolute atomic E-state index is 12.2. The Bertz CT molecular complexity index is 969. The molecule has 2 aromatic heterocycles. The molecular weight excluding hydrogens is 362 g/mol. The molecular formula is C19H17N5O2S. The summed E-state index contributed by atoms with van der Waals surface area (Å²) in [7, 11) is 0. The van der Waals surface area contributed by atoms with Gasteiger partial charge < -0.3 is 9.73 Å². The molecule has 0 spiro atoms. The van der Waals surface area contributed by atoms with Crippen molar-refractivity contribution in [3.63, 3.8) is 0 Å². The van der Waals surface area contributed by atoms with Crippen LogP contribution in [0.15, 0.2) is 52.2 Å². The van der Waals surface area contributed by atoms with Crippen molar-refractivity contribution in [1.29, 1.82) is 5.26 Å². The first-order valence-corrected chi connectivity index (χ1v) is 9.60. The van der Waals surface area contributed by atoms with Crippen molar-refractivity contribution < 1.29 is 9.21 Å². The molecule has 7 nitrogen and oxygen atoms in total. The molecule has 1 aliphatic carbocycles. The summed E-state index contributed by atoms with van der Waals surface area (Å²) < 4.78 is 7.49. The Labute approximate surface area is 160 Å². The number of nitrogens with zero attached hydrogens (tertiary/aromatic N) is 4. The van der Waals surface area contributed by atoms with Crippen LogP contribution in [-0.4, -0.2) is 26.4 Å².